The Hall–Kier alpha value is -2.25. The summed E-state index contributed by atoms with van der Waals surface area (Å²) in [6.45, 7) is 0.300. The third-order valence-corrected chi connectivity index (χ3v) is 4.50. The summed E-state index contributed by atoms with van der Waals surface area (Å²) in [5.41, 5.74) is 7.05. The standard InChI is InChI=1S/C14H14N2O4S/c15-11-3-1-10(2-4-11)8-16-21(17,18)12-5-6-13-14(7-12)20-9-19-13/h1-7,16H,8-9,15H2. The van der Waals surface area contributed by atoms with Gasteiger partial charge in [0.05, 0.1) is 4.90 Å². The fraction of sp³-hybridized carbons (Fsp3) is 0.143. The quantitative estimate of drug-likeness (QED) is 0.835. The molecule has 1 heterocycles. The lowest BCUT2D eigenvalue weighted by molar-refractivity contribution is 0.174. The second-order valence-corrected chi connectivity index (χ2v) is 6.35. The molecule has 0 saturated heterocycles. The van der Waals surface area contributed by atoms with Gasteiger partial charge in [-0.25, -0.2) is 13.1 Å². The molecule has 0 unspecified atom stereocenters. The van der Waals surface area contributed by atoms with Crippen molar-refractivity contribution in [2.24, 2.45) is 0 Å². The average Bonchev–Trinajstić information content (AvgIpc) is 2.94. The van der Waals surface area contributed by atoms with Crippen LogP contribution in [0.3, 0.4) is 0 Å². The molecule has 0 aliphatic carbocycles. The number of sulfonamides is 1. The van der Waals surface area contributed by atoms with E-state index in [9.17, 15) is 8.42 Å². The van der Waals surface area contributed by atoms with E-state index >= 15 is 0 Å². The van der Waals surface area contributed by atoms with Crippen molar-refractivity contribution in [1.82, 2.24) is 4.72 Å². The van der Waals surface area contributed by atoms with Crippen molar-refractivity contribution in [3.05, 3.63) is 48.0 Å². The minimum Gasteiger partial charge on any atom is -0.454 e. The SMILES string of the molecule is Nc1ccc(CNS(=O)(=O)c2ccc3c(c2)OCO3)cc1. The highest BCUT2D eigenvalue weighted by atomic mass is 32.2. The van der Waals surface area contributed by atoms with Gasteiger partial charge in [0.2, 0.25) is 16.8 Å². The van der Waals surface area contributed by atoms with E-state index in [-0.39, 0.29) is 18.2 Å². The van der Waals surface area contributed by atoms with Crippen molar-refractivity contribution in [2.75, 3.05) is 12.5 Å². The van der Waals surface area contributed by atoms with Gasteiger partial charge in [-0.05, 0) is 29.8 Å². The van der Waals surface area contributed by atoms with Crippen LogP contribution in [0.5, 0.6) is 11.5 Å². The highest BCUT2D eigenvalue weighted by Crippen LogP contribution is 2.33. The topological polar surface area (TPSA) is 90.7 Å². The van der Waals surface area contributed by atoms with E-state index in [1.54, 1.807) is 30.3 Å². The molecule has 0 atom stereocenters. The summed E-state index contributed by atoms with van der Waals surface area (Å²) in [7, 11) is -3.61. The number of hydrogen-bond acceptors (Lipinski definition) is 5. The lowest BCUT2D eigenvalue weighted by Gasteiger charge is -2.08. The predicted octanol–water partition coefficient (Wildman–Crippen LogP) is 1.48. The maximum atomic E-state index is 12.2. The summed E-state index contributed by atoms with van der Waals surface area (Å²) in [5.74, 6) is 0.984. The van der Waals surface area contributed by atoms with Crippen LogP contribution >= 0.6 is 0 Å². The van der Waals surface area contributed by atoms with Gasteiger partial charge in [0.25, 0.3) is 0 Å². The van der Waals surface area contributed by atoms with Crippen LogP contribution in [0.2, 0.25) is 0 Å². The number of benzene rings is 2. The predicted molar refractivity (Wildman–Crippen MR) is 77.4 cm³/mol. The van der Waals surface area contributed by atoms with Crippen LogP contribution in [0.1, 0.15) is 5.56 Å². The fourth-order valence-corrected chi connectivity index (χ4v) is 2.97. The molecule has 0 aromatic heterocycles. The first-order valence-corrected chi connectivity index (χ1v) is 7.77. The zero-order valence-electron chi connectivity index (χ0n) is 11.1. The molecule has 0 bridgehead atoms. The number of nitrogens with one attached hydrogen (secondary N) is 1. The Morgan fingerprint density at radius 3 is 2.52 bits per heavy atom. The number of hydrogen-bond donors (Lipinski definition) is 2. The Bertz CT molecular complexity index is 757. The Morgan fingerprint density at radius 1 is 1.05 bits per heavy atom. The first-order chi connectivity index (χ1) is 10.0. The minimum absolute atomic E-state index is 0.109. The summed E-state index contributed by atoms with van der Waals surface area (Å²) in [6.07, 6.45) is 0. The monoisotopic (exact) mass is 306 g/mol. The molecular formula is C14H14N2O4S. The second kappa shape index (κ2) is 5.27. The van der Waals surface area contributed by atoms with Crippen molar-refractivity contribution >= 4 is 15.7 Å². The van der Waals surface area contributed by atoms with Crippen LogP contribution in [0.4, 0.5) is 5.69 Å². The van der Waals surface area contributed by atoms with Gasteiger partial charge >= 0.3 is 0 Å². The van der Waals surface area contributed by atoms with Gasteiger partial charge in [-0.2, -0.15) is 0 Å². The Labute approximate surface area is 122 Å². The van der Waals surface area contributed by atoms with E-state index < -0.39 is 10.0 Å². The van der Waals surface area contributed by atoms with Crippen LogP contribution in [-0.4, -0.2) is 15.2 Å². The average molecular weight is 306 g/mol. The first-order valence-electron chi connectivity index (χ1n) is 6.28. The van der Waals surface area contributed by atoms with Crippen LogP contribution in [0.15, 0.2) is 47.4 Å². The van der Waals surface area contributed by atoms with Gasteiger partial charge < -0.3 is 15.2 Å². The number of nitrogens with two attached hydrogens (primary N) is 1. The fourth-order valence-electron chi connectivity index (χ4n) is 1.94. The largest absolute Gasteiger partial charge is 0.454 e. The molecule has 7 heteroatoms. The summed E-state index contributed by atoms with van der Waals surface area (Å²) < 4.78 is 37.4. The molecule has 0 amide bonds. The summed E-state index contributed by atoms with van der Waals surface area (Å²) in [6, 6.07) is 11.5. The molecule has 1 aliphatic rings. The van der Waals surface area contributed by atoms with E-state index in [1.807, 2.05) is 0 Å². The number of nitrogen functional groups attached to an aromatic ring is 1. The maximum Gasteiger partial charge on any atom is 0.241 e. The summed E-state index contributed by atoms with van der Waals surface area (Å²) in [5, 5.41) is 0. The van der Waals surface area contributed by atoms with E-state index in [4.69, 9.17) is 15.2 Å². The molecule has 0 spiro atoms. The van der Waals surface area contributed by atoms with Gasteiger partial charge in [-0.1, -0.05) is 12.1 Å². The van der Waals surface area contributed by atoms with Gasteiger partial charge in [0.15, 0.2) is 11.5 Å². The summed E-state index contributed by atoms with van der Waals surface area (Å²) in [4.78, 5) is 0.141. The van der Waals surface area contributed by atoms with Gasteiger partial charge in [0.1, 0.15) is 0 Å². The second-order valence-electron chi connectivity index (χ2n) is 4.58. The molecule has 3 rings (SSSR count). The maximum absolute atomic E-state index is 12.2. The number of rotatable bonds is 4. The van der Waals surface area contributed by atoms with Gasteiger partial charge in [-0.3, -0.25) is 0 Å². The Kier molecular flexibility index (Phi) is 3.44. The molecule has 1 aliphatic heterocycles. The molecule has 6 nitrogen and oxygen atoms in total. The molecular weight excluding hydrogens is 292 g/mol. The van der Waals surface area contributed by atoms with E-state index in [0.29, 0.717) is 17.2 Å². The van der Waals surface area contributed by atoms with Crippen molar-refractivity contribution < 1.29 is 17.9 Å². The van der Waals surface area contributed by atoms with Gasteiger partial charge in [0, 0.05) is 18.3 Å². The van der Waals surface area contributed by atoms with E-state index in [2.05, 4.69) is 4.72 Å². The minimum atomic E-state index is -3.61. The Balaban J connectivity index is 1.76. The lowest BCUT2D eigenvalue weighted by Crippen LogP contribution is -2.23. The van der Waals surface area contributed by atoms with Crippen molar-refractivity contribution in [1.29, 1.82) is 0 Å². The molecule has 2 aromatic carbocycles. The van der Waals surface area contributed by atoms with Crippen molar-refractivity contribution in [2.45, 2.75) is 11.4 Å². The molecule has 0 radical (unpaired) electrons. The molecule has 0 fully saturated rings. The van der Waals surface area contributed by atoms with Crippen LogP contribution in [0, 0.1) is 0 Å². The molecule has 2 aromatic rings. The normalized spacial score (nSPS) is 13.3. The smallest absolute Gasteiger partial charge is 0.241 e. The zero-order chi connectivity index (χ0) is 14.9. The van der Waals surface area contributed by atoms with E-state index in [0.717, 1.165) is 5.56 Å². The van der Waals surface area contributed by atoms with Crippen molar-refractivity contribution in [3.63, 3.8) is 0 Å². The highest BCUT2D eigenvalue weighted by molar-refractivity contribution is 7.89. The van der Waals surface area contributed by atoms with Crippen molar-refractivity contribution in [3.8, 4) is 11.5 Å². The third-order valence-electron chi connectivity index (χ3n) is 3.10. The number of anilines is 1. The molecule has 0 saturated carbocycles. The zero-order valence-corrected chi connectivity index (χ0v) is 11.9. The molecule has 21 heavy (non-hydrogen) atoms. The lowest BCUT2D eigenvalue weighted by atomic mass is 10.2. The summed E-state index contributed by atoms with van der Waals surface area (Å²) >= 11 is 0. The number of ether oxygens (including phenoxy) is 2. The van der Waals surface area contributed by atoms with Gasteiger partial charge in [-0.15, -0.1) is 0 Å². The molecule has 110 valence electrons. The third kappa shape index (κ3) is 2.93. The highest BCUT2D eigenvalue weighted by Gasteiger charge is 2.19. The molecule has 3 N–H and O–H groups in total. The van der Waals surface area contributed by atoms with E-state index in [1.165, 1.54) is 12.1 Å². The van der Waals surface area contributed by atoms with Crippen LogP contribution in [-0.2, 0) is 16.6 Å². The number of fused-ring (bicyclic) bond motifs is 1. The Morgan fingerprint density at radius 2 is 1.76 bits per heavy atom. The first kappa shape index (κ1) is 13.7. The van der Waals surface area contributed by atoms with Crippen LogP contribution in [0.25, 0.3) is 0 Å². The van der Waals surface area contributed by atoms with Crippen LogP contribution < -0.4 is 19.9 Å².